The van der Waals surface area contributed by atoms with Gasteiger partial charge in [-0.2, -0.15) is 10.2 Å². The largest absolute Gasteiger partial charge is 0.359 e. The Balaban J connectivity index is 2.10. The van der Waals surface area contributed by atoms with Crippen molar-refractivity contribution in [3.63, 3.8) is 0 Å². The minimum atomic E-state index is 0.0236. The zero-order valence-corrected chi connectivity index (χ0v) is 7.47. The van der Waals surface area contributed by atoms with Crippen LogP contribution < -0.4 is 0 Å². The van der Waals surface area contributed by atoms with Gasteiger partial charge in [-0.3, -0.25) is 4.79 Å². The maximum Gasteiger partial charge on any atom is 0.184 e. The zero-order chi connectivity index (χ0) is 9.80. The first-order valence-corrected chi connectivity index (χ1v) is 4.29. The molecule has 0 aliphatic rings. The summed E-state index contributed by atoms with van der Waals surface area (Å²) >= 11 is 0. The van der Waals surface area contributed by atoms with Gasteiger partial charge in [0.25, 0.3) is 0 Å². The number of nitrogens with one attached hydrogen (secondary N) is 1. The lowest BCUT2D eigenvalue weighted by molar-refractivity contribution is 0.0987. The number of hydrogen-bond acceptors (Lipinski definition) is 3. The predicted octanol–water partition coefficient (Wildman–Crippen LogP) is 1.23. The van der Waals surface area contributed by atoms with Crippen LogP contribution in [0.4, 0.5) is 0 Å². The van der Waals surface area contributed by atoms with Crippen LogP contribution >= 0.6 is 0 Å². The Labute approximate surface area is 81.0 Å². The highest BCUT2D eigenvalue weighted by Gasteiger charge is 2.07. The molecular formula is C10H9N3O. The lowest BCUT2D eigenvalue weighted by Gasteiger charge is -1.96. The van der Waals surface area contributed by atoms with Crippen LogP contribution in [0.15, 0.2) is 36.7 Å². The molecule has 0 unspecified atom stereocenters. The Hall–Kier alpha value is -1.97. The monoisotopic (exact) mass is 187 g/mol. The van der Waals surface area contributed by atoms with Gasteiger partial charge in [-0.1, -0.05) is 0 Å². The molecule has 0 saturated carbocycles. The topological polar surface area (TPSA) is 58.6 Å². The fourth-order valence-corrected chi connectivity index (χ4v) is 1.19. The van der Waals surface area contributed by atoms with E-state index in [0.29, 0.717) is 11.4 Å². The molecule has 70 valence electrons. The second-order valence-electron chi connectivity index (χ2n) is 2.90. The van der Waals surface area contributed by atoms with E-state index in [1.54, 1.807) is 36.7 Å². The molecule has 2 heterocycles. The maximum atomic E-state index is 11.6. The fourth-order valence-electron chi connectivity index (χ4n) is 1.19. The number of nitrogens with zero attached hydrogens (tertiary/aromatic N) is 2. The van der Waals surface area contributed by atoms with E-state index in [2.05, 4.69) is 15.2 Å². The van der Waals surface area contributed by atoms with Crippen molar-refractivity contribution in [2.24, 2.45) is 0 Å². The van der Waals surface area contributed by atoms with Gasteiger partial charge in [0.2, 0.25) is 0 Å². The number of aromatic amines is 1. The van der Waals surface area contributed by atoms with Crippen molar-refractivity contribution < 1.29 is 4.79 Å². The number of hydrogen-bond donors (Lipinski definition) is 1. The molecule has 0 atom stereocenters. The van der Waals surface area contributed by atoms with Crippen LogP contribution in [0.5, 0.6) is 0 Å². The number of carbonyl (C=O) groups is 1. The van der Waals surface area contributed by atoms with Crippen molar-refractivity contribution in [2.45, 2.75) is 6.42 Å². The smallest absolute Gasteiger partial charge is 0.184 e. The summed E-state index contributed by atoms with van der Waals surface area (Å²) < 4.78 is 0. The number of aromatic nitrogens is 3. The van der Waals surface area contributed by atoms with Crippen LogP contribution in [0, 0.1) is 0 Å². The van der Waals surface area contributed by atoms with Gasteiger partial charge >= 0.3 is 0 Å². The number of carbonyl (C=O) groups excluding carboxylic acids is 1. The Morgan fingerprint density at radius 2 is 2.29 bits per heavy atom. The van der Waals surface area contributed by atoms with E-state index in [0.717, 1.165) is 0 Å². The summed E-state index contributed by atoms with van der Waals surface area (Å²) in [6.07, 6.45) is 3.60. The number of Topliss-reactive ketones (excluding diaryl/α,β-unsaturated/α-hetero) is 1. The quantitative estimate of drug-likeness (QED) is 0.735. The van der Waals surface area contributed by atoms with E-state index in [1.165, 1.54) is 0 Å². The van der Waals surface area contributed by atoms with Crippen molar-refractivity contribution in [2.75, 3.05) is 0 Å². The van der Waals surface area contributed by atoms with Crippen LogP contribution in [0.1, 0.15) is 16.2 Å². The zero-order valence-electron chi connectivity index (χ0n) is 7.47. The highest BCUT2D eigenvalue weighted by molar-refractivity contribution is 5.95. The first kappa shape index (κ1) is 8.62. The van der Waals surface area contributed by atoms with Gasteiger partial charge in [-0.15, -0.1) is 0 Å². The Kier molecular flexibility index (Phi) is 2.36. The highest BCUT2D eigenvalue weighted by Crippen LogP contribution is 2.01. The van der Waals surface area contributed by atoms with Gasteiger partial charge < -0.3 is 4.98 Å². The summed E-state index contributed by atoms with van der Waals surface area (Å²) in [5.41, 5.74) is 1.29. The third kappa shape index (κ3) is 1.85. The van der Waals surface area contributed by atoms with Gasteiger partial charge in [0.05, 0.1) is 17.8 Å². The fraction of sp³-hybridized carbons (Fsp3) is 0.100. The molecule has 0 aliphatic carbocycles. The molecule has 0 amide bonds. The summed E-state index contributed by atoms with van der Waals surface area (Å²) in [5.74, 6) is 0.0236. The number of rotatable bonds is 3. The molecule has 0 fully saturated rings. The van der Waals surface area contributed by atoms with Crippen molar-refractivity contribution in [3.8, 4) is 0 Å². The van der Waals surface area contributed by atoms with Crippen LogP contribution in [0.25, 0.3) is 0 Å². The molecule has 0 bridgehead atoms. The van der Waals surface area contributed by atoms with Crippen LogP contribution in [0.3, 0.4) is 0 Å². The molecular weight excluding hydrogens is 178 g/mol. The van der Waals surface area contributed by atoms with Gasteiger partial charge in [0, 0.05) is 12.4 Å². The number of ketones is 1. The van der Waals surface area contributed by atoms with Crippen molar-refractivity contribution in [3.05, 3.63) is 48.0 Å². The first-order valence-electron chi connectivity index (χ1n) is 4.29. The molecule has 0 radical (unpaired) electrons. The van der Waals surface area contributed by atoms with Crippen LogP contribution in [-0.4, -0.2) is 21.0 Å². The molecule has 2 aromatic rings. The molecule has 0 aromatic carbocycles. The molecule has 2 aromatic heterocycles. The minimum absolute atomic E-state index is 0.0236. The van der Waals surface area contributed by atoms with Gasteiger partial charge in [-0.05, 0) is 24.3 Å². The third-order valence-corrected chi connectivity index (χ3v) is 1.87. The molecule has 0 aliphatic heterocycles. The summed E-state index contributed by atoms with van der Waals surface area (Å²) in [7, 11) is 0. The second-order valence-corrected chi connectivity index (χ2v) is 2.90. The maximum absolute atomic E-state index is 11.6. The Morgan fingerprint density at radius 1 is 1.36 bits per heavy atom. The van der Waals surface area contributed by atoms with E-state index in [1.807, 2.05) is 0 Å². The highest BCUT2D eigenvalue weighted by atomic mass is 16.1. The average Bonchev–Trinajstić information content (AvgIpc) is 2.72. The van der Waals surface area contributed by atoms with Gasteiger partial charge in [0.15, 0.2) is 5.78 Å². The molecule has 4 heteroatoms. The van der Waals surface area contributed by atoms with Crippen molar-refractivity contribution in [1.29, 1.82) is 0 Å². The molecule has 0 spiro atoms. The minimum Gasteiger partial charge on any atom is -0.359 e. The van der Waals surface area contributed by atoms with Gasteiger partial charge in [-0.25, -0.2) is 0 Å². The molecule has 4 nitrogen and oxygen atoms in total. The molecule has 1 N–H and O–H groups in total. The summed E-state index contributed by atoms with van der Waals surface area (Å²) in [5, 5.41) is 7.55. The van der Waals surface area contributed by atoms with E-state index in [-0.39, 0.29) is 12.2 Å². The van der Waals surface area contributed by atoms with Crippen molar-refractivity contribution in [1.82, 2.24) is 15.2 Å². The van der Waals surface area contributed by atoms with Crippen molar-refractivity contribution >= 4 is 5.78 Å². The molecule has 0 saturated heterocycles. The molecule has 2 rings (SSSR count). The predicted molar refractivity (Wildman–Crippen MR) is 50.9 cm³/mol. The van der Waals surface area contributed by atoms with Gasteiger partial charge in [0.1, 0.15) is 0 Å². The first-order chi connectivity index (χ1) is 6.86. The summed E-state index contributed by atoms with van der Waals surface area (Å²) in [6.45, 7) is 0. The summed E-state index contributed by atoms with van der Waals surface area (Å²) in [4.78, 5) is 14.4. The van der Waals surface area contributed by atoms with E-state index >= 15 is 0 Å². The lowest BCUT2D eigenvalue weighted by atomic mass is 10.1. The van der Waals surface area contributed by atoms with Crippen LogP contribution in [0.2, 0.25) is 0 Å². The van der Waals surface area contributed by atoms with Crippen LogP contribution in [-0.2, 0) is 6.42 Å². The standard InChI is InChI=1S/C10H9N3O/c14-10(9-4-2-5-11-9)7-8-3-1-6-12-13-8/h1-6,11H,7H2. The number of H-pyrrole nitrogens is 1. The normalized spacial score (nSPS) is 10.0. The lowest BCUT2D eigenvalue weighted by Crippen LogP contribution is -2.05. The average molecular weight is 187 g/mol. The third-order valence-electron chi connectivity index (χ3n) is 1.87. The van der Waals surface area contributed by atoms with E-state index in [9.17, 15) is 4.79 Å². The SMILES string of the molecule is O=C(Cc1cccnn1)c1ccc[nH]1. The molecule has 14 heavy (non-hydrogen) atoms. The summed E-state index contributed by atoms with van der Waals surface area (Å²) in [6, 6.07) is 7.10. The Morgan fingerprint density at radius 3 is 2.93 bits per heavy atom. The van der Waals surface area contributed by atoms with E-state index in [4.69, 9.17) is 0 Å². The van der Waals surface area contributed by atoms with E-state index < -0.39 is 0 Å². The second kappa shape index (κ2) is 3.83. The Bertz CT molecular complexity index is 408.